The number of esters is 1. The second kappa shape index (κ2) is 11.1. The highest BCUT2D eigenvalue weighted by Gasteiger charge is 2.39. The number of pyridine rings is 1. The maximum Gasteiger partial charge on any atom is 0.433 e. The van der Waals surface area contributed by atoms with Gasteiger partial charge in [-0.25, -0.2) is 38.2 Å². The number of aromatic nitrogens is 6. The lowest BCUT2D eigenvalue weighted by atomic mass is 10.1. The van der Waals surface area contributed by atoms with Crippen LogP contribution >= 0.6 is 0 Å². The zero-order valence-corrected chi connectivity index (χ0v) is 19.3. The molecule has 38 heavy (non-hydrogen) atoms. The molecule has 9 nitrogen and oxygen atoms in total. The average Bonchev–Trinajstić information content (AvgIpc) is 3.28. The highest BCUT2D eigenvalue weighted by Crippen LogP contribution is 2.35. The van der Waals surface area contributed by atoms with Gasteiger partial charge < -0.3 is 10.1 Å². The van der Waals surface area contributed by atoms with Crippen LogP contribution < -0.4 is 5.32 Å². The lowest BCUT2D eigenvalue weighted by molar-refractivity contribution is -0.150. The molecule has 0 aliphatic heterocycles. The van der Waals surface area contributed by atoms with Crippen LogP contribution in [0.2, 0.25) is 0 Å². The van der Waals surface area contributed by atoms with Crippen LogP contribution in [-0.2, 0) is 21.9 Å². The van der Waals surface area contributed by atoms with Crippen LogP contribution in [0.3, 0.4) is 0 Å². The van der Waals surface area contributed by atoms with E-state index in [2.05, 4.69) is 30.4 Å². The Labute approximate surface area is 208 Å². The molecule has 0 spiro atoms. The van der Waals surface area contributed by atoms with Crippen molar-refractivity contribution < 1.29 is 44.7 Å². The molecule has 0 radical (unpaired) electrons. The predicted molar refractivity (Wildman–Crippen MR) is 115 cm³/mol. The van der Waals surface area contributed by atoms with E-state index >= 15 is 0 Å². The summed E-state index contributed by atoms with van der Waals surface area (Å²) < 4.78 is 110. The van der Waals surface area contributed by atoms with Crippen molar-refractivity contribution in [3.8, 4) is 11.4 Å². The van der Waals surface area contributed by atoms with Crippen LogP contribution in [0.1, 0.15) is 30.8 Å². The Kier molecular flexibility index (Phi) is 8.26. The topological polar surface area (TPSA) is 108 Å². The van der Waals surface area contributed by atoms with Crippen molar-refractivity contribution in [2.24, 2.45) is 0 Å². The Morgan fingerprint density at radius 1 is 1.03 bits per heavy atom. The number of hydrogen-bond acceptors (Lipinski definition) is 8. The van der Waals surface area contributed by atoms with E-state index < -0.39 is 60.2 Å². The Morgan fingerprint density at radius 3 is 2.11 bits per heavy atom. The van der Waals surface area contributed by atoms with Crippen molar-refractivity contribution >= 4 is 23.7 Å². The Balaban J connectivity index is 2.01. The average molecular weight is 551 g/mol. The van der Waals surface area contributed by atoms with E-state index in [0.29, 0.717) is 12.1 Å². The van der Waals surface area contributed by atoms with E-state index in [1.807, 2.05) is 0 Å². The van der Waals surface area contributed by atoms with Gasteiger partial charge in [0.15, 0.2) is 5.82 Å². The number of carbonyl (C=O) groups is 1. The van der Waals surface area contributed by atoms with Gasteiger partial charge in [0, 0.05) is 29.7 Å². The molecule has 0 fully saturated rings. The first-order chi connectivity index (χ1) is 17.6. The summed E-state index contributed by atoms with van der Waals surface area (Å²) in [6.45, 7) is 2.38. The first-order valence-electron chi connectivity index (χ1n) is 10.5. The van der Waals surface area contributed by atoms with Crippen LogP contribution in [-0.4, -0.2) is 54.8 Å². The fourth-order valence-electron chi connectivity index (χ4n) is 2.80. The standard InChI is InChI=1S/C21H17F8N7O2/c1-10(2)38-18(37)13(12-5-30-19(31-6-12)32-7-16(22)23)8-36-9-33-17(35-36)11-3-14(20(24,25)26)34-15(4-11)21(27,28)29/h3-6,8-10,16H,7H2,1-2H3,(H,30,31,32)/b13-8+. The van der Waals surface area contributed by atoms with E-state index in [-0.39, 0.29) is 17.1 Å². The molecule has 17 heteroatoms. The largest absolute Gasteiger partial charge is 0.459 e. The summed E-state index contributed by atoms with van der Waals surface area (Å²) >= 11 is 0. The molecule has 0 unspecified atom stereocenters. The van der Waals surface area contributed by atoms with Crippen molar-refractivity contribution in [2.45, 2.75) is 38.7 Å². The van der Waals surface area contributed by atoms with Crippen molar-refractivity contribution in [2.75, 3.05) is 11.9 Å². The third kappa shape index (κ3) is 7.42. The van der Waals surface area contributed by atoms with E-state index in [9.17, 15) is 39.9 Å². The van der Waals surface area contributed by atoms with E-state index in [1.54, 1.807) is 13.8 Å². The highest BCUT2D eigenvalue weighted by atomic mass is 19.4. The molecule has 0 aliphatic carbocycles. The summed E-state index contributed by atoms with van der Waals surface area (Å²) in [4.78, 5) is 26.7. The fourth-order valence-corrected chi connectivity index (χ4v) is 2.80. The van der Waals surface area contributed by atoms with Gasteiger partial charge in [-0.3, -0.25) is 0 Å². The normalized spacial score (nSPS) is 12.8. The molecular weight excluding hydrogens is 534 g/mol. The van der Waals surface area contributed by atoms with Gasteiger partial charge >= 0.3 is 18.3 Å². The molecule has 0 bridgehead atoms. The summed E-state index contributed by atoms with van der Waals surface area (Å²) in [7, 11) is 0. The van der Waals surface area contributed by atoms with E-state index in [1.165, 1.54) is 0 Å². The Morgan fingerprint density at radius 2 is 1.61 bits per heavy atom. The molecule has 3 heterocycles. The van der Waals surface area contributed by atoms with Crippen molar-refractivity contribution in [3.63, 3.8) is 0 Å². The second-order valence-electron chi connectivity index (χ2n) is 7.73. The fraction of sp³-hybridized carbons (Fsp3) is 0.333. The zero-order chi connectivity index (χ0) is 28.3. The Hall–Kier alpha value is -4.18. The van der Waals surface area contributed by atoms with Crippen molar-refractivity contribution in [3.05, 3.63) is 47.8 Å². The number of rotatable bonds is 8. The maximum absolute atomic E-state index is 13.1. The van der Waals surface area contributed by atoms with Gasteiger partial charge in [-0.1, -0.05) is 0 Å². The predicted octanol–water partition coefficient (Wildman–Crippen LogP) is 4.79. The third-order valence-corrected chi connectivity index (χ3v) is 4.37. The maximum atomic E-state index is 13.1. The van der Waals surface area contributed by atoms with Crippen molar-refractivity contribution in [1.82, 2.24) is 29.7 Å². The first-order valence-corrected chi connectivity index (χ1v) is 10.5. The van der Waals surface area contributed by atoms with Gasteiger partial charge in [0.1, 0.15) is 17.7 Å². The van der Waals surface area contributed by atoms with Crippen molar-refractivity contribution in [1.29, 1.82) is 0 Å². The monoisotopic (exact) mass is 551 g/mol. The molecule has 0 saturated heterocycles. The van der Waals surface area contributed by atoms with E-state index in [4.69, 9.17) is 4.74 Å². The molecule has 0 saturated carbocycles. The lowest BCUT2D eigenvalue weighted by Crippen LogP contribution is -2.15. The van der Waals surface area contributed by atoms with Gasteiger partial charge in [-0.2, -0.15) is 26.3 Å². The molecule has 0 atom stereocenters. The number of hydrogen-bond donors (Lipinski definition) is 1. The molecule has 0 amide bonds. The van der Waals surface area contributed by atoms with Gasteiger partial charge in [-0.15, -0.1) is 5.10 Å². The molecule has 1 N–H and O–H groups in total. The SMILES string of the molecule is CC(C)OC(=O)/C(=C/n1cnc(-c2cc(C(F)(F)F)nc(C(F)(F)F)c2)n1)c1cnc(NCC(F)F)nc1. The van der Waals surface area contributed by atoms with Crippen LogP contribution in [0.25, 0.3) is 23.2 Å². The highest BCUT2D eigenvalue weighted by molar-refractivity contribution is 6.20. The summed E-state index contributed by atoms with van der Waals surface area (Å²) in [5.74, 6) is -1.59. The molecule has 3 rings (SSSR count). The number of carbonyl (C=O) groups excluding carboxylic acids is 1. The van der Waals surface area contributed by atoms with Gasteiger partial charge in [-0.05, 0) is 26.0 Å². The first kappa shape index (κ1) is 28.4. The summed E-state index contributed by atoms with van der Waals surface area (Å²) in [6, 6.07) is 0.705. The van der Waals surface area contributed by atoms with Crippen LogP contribution in [0.4, 0.5) is 41.1 Å². The summed E-state index contributed by atoms with van der Waals surface area (Å²) in [6.07, 6.45) is -9.42. The molecule has 3 aromatic heterocycles. The van der Waals surface area contributed by atoms with Gasteiger partial charge in [0.25, 0.3) is 6.43 Å². The summed E-state index contributed by atoms with van der Waals surface area (Å²) in [5.41, 5.74) is -4.41. The smallest absolute Gasteiger partial charge is 0.433 e. The minimum atomic E-state index is -5.18. The van der Waals surface area contributed by atoms with Crippen LogP contribution in [0.15, 0.2) is 30.9 Å². The minimum Gasteiger partial charge on any atom is -0.459 e. The lowest BCUT2D eigenvalue weighted by Gasteiger charge is -2.12. The molecular formula is C21H17F8N7O2. The summed E-state index contributed by atoms with van der Waals surface area (Å²) in [5, 5.41) is 6.11. The third-order valence-electron chi connectivity index (χ3n) is 4.37. The van der Waals surface area contributed by atoms with Gasteiger partial charge in [0.05, 0.1) is 18.2 Å². The van der Waals surface area contributed by atoms with E-state index in [0.717, 1.165) is 29.6 Å². The molecule has 204 valence electrons. The molecule has 0 aliphatic rings. The van der Waals surface area contributed by atoms with Crippen LogP contribution in [0, 0.1) is 0 Å². The molecule has 3 aromatic rings. The second-order valence-corrected chi connectivity index (χ2v) is 7.73. The van der Waals surface area contributed by atoms with Gasteiger partial charge in [0.2, 0.25) is 5.95 Å². The number of nitrogens with zero attached hydrogens (tertiary/aromatic N) is 6. The number of halogens is 8. The Bertz CT molecular complexity index is 1270. The number of ether oxygens (including phenoxy) is 1. The minimum absolute atomic E-state index is 0.0397. The number of nitrogens with one attached hydrogen (secondary N) is 1. The number of anilines is 1. The zero-order valence-electron chi connectivity index (χ0n) is 19.3. The number of alkyl halides is 8. The molecule has 0 aromatic carbocycles. The quantitative estimate of drug-likeness (QED) is 0.242. The van der Waals surface area contributed by atoms with Crippen LogP contribution in [0.5, 0.6) is 0 Å².